The highest BCUT2D eigenvalue weighted by molar-refractivity contribution is 6.50. The molecule has 0 bridgehead atoms. The van der Waals surface area contributed by atoms with Crippen molar-refractivity contribution in [2.75, 3.05) is 5.73 Å². The maximum Gasteiger partial charge on any atom is 0.673 e. The van der Waals surface area contributed by atoms with E-state index in [1.165, 1.54) is 0 Å². The summed E-state index contributed by atoms with van der Waals surface area (Å²) in [6.45, 7) is 2.00. The van der Waals surface area contributed by atoms with Crippen LogP contribution in [0.15, 0.2) is 18.2 Å². The van der Waals surface area contributed by atoms with Gasteiger partial charge in [0.1, 0.15) is 0 Å². The molecular weight excluding hydrogens is 225 g/mol. The minimum Gasteiger partial charge on any atom is -0.418 e. The average Bonchev–Trinajstić information content (AvgIpc) is 2.15. The van der Waals surface area contributed by atoms with Gasteiger partial charge in [-0.1, -0.05) is 6.92 Å². The first-order valence-corrected chi connectivity index (χ1v) is 4.38. The number of nitrogen functional groups attached to an aromatic ring is 1. The smallest absolute Gasteiger partial charge is 0.418 e. The maximum absolute atomic E-state index is 9.75. The maximum atomic E-state index is 9.75. The third-order valence-corrected chi connectivity index (χ3v) is 1.60. The fourth-order valence-electron chi connectivity index (χ4n) is 0.973. The standard InChI is InChI=1S/C8H10N3.BF4/c1-2-6-3-4-7(9)5-8(6)11-10;2-1(3,4)5/h3-5H,2,9H2,1H3;/q+1;-1. The summed E-state index contributed by atoms with van der Waals surface area (Å²) in [7, 11) is -6.00. The van der Waals surface area contributed by atoms with Crippen LogP contribution in [0.5, 0.6) is 0 Å². The van der Waals surface area contributed by atoms with E-state index in [4.69, 9.17) is 11.1 Å². The number of aryl methyl sites for hydroxylation is 1. The van der Waals surface area contributed by atoms with Crippen molar-refractivity contribution in [3.05, 3.63) is 28.7 Å². The number of halogens is 4. The Balaban J connectivity index is 0.000000385. The molecule has 0 aliphatic carbocycles. The van der Waals surface area contributed by atoms with E-state index >= 15 is 0 Å². The van der Waals surface area contributed by atoms with Gasteiger partial charge in [-0.3, -0.25) is 0 Å². The first-order chi connectivity index (χ1) is 7.27. The molecule has 0 saturated heterocycles. The quantitative estimate of drug-likeness (QED) is 0.349. The Morgan fingerprint density at radius 2 is 1.81 bits per heavy atom. The lowest BCUT2D eigenvalue weighted by atomic mass is 10.1. The predicted octanol–water partition coefficient (Wildman–Crippen LogP) is 3.62. The Morgan fingerprint density at radius 1 is 1.31 bits per heavy atom. The molecule has 16 heavy (non-hydrogen) atoms. The first-order valence-electron chi connectivity index (χ1n) is 4.38. The molecule has 0 heterocycles. The van der Waals surface area contributed by atoms with Gasteiger partial charge in [-0.05, 0) is 18.6 Å². The van der Waals surface area contributed by atoms with Crippen molar-refractivity contribution in [3.8, 4) is 0 Å². The van der Waals surface area contributed by atoms with Crippen LogP contribution in [0.3, 0.4) is 0 Å². The topological polar surface area (TPSA) is 54.2 Å². The molecule has 3 nitrogen and oxygen atoms in total. The van der Waals surface area contributed by atoms with Crippen LogP contribution in [0.25, 0.3) is 4.98 Å². The van der Waals surface area contributed by atoms with E-state index in [2.05, 4.69) is 4.98 Å². The lowest BCUT2D eigenvalue weighted by Gasteiger charge is -1.94. The largest absolute Gasteiger partial charge is 0.673 e. The highest BCUT2D eigenvalue weighted by Crippen LogP contribution is 2.22. The lowest BCUT2D eigenvalue weighted by Crippen LogP contribution is -2.02. The van der Waals surface area contributed by atoms with Crippen LogP contribution >= 0.6 is 0 Å². The Labute approximate surface area is 90.0 Å². The Bertz CT molecular complexity index is 380. The zero-order valence-electron chi connectivity index (χ0n) is 8.50. The second kappa shape index (κ2) is 5.95. The van der Waals surface area contributed by atoms with Gasteiger partial charge in [0.05, 0.1) is 6.07 Å². The molecule has 0 radical (unpaired) electrons. The van der Waals surface area contributed by atoms with Crippen molar-refractivity contribution >= 4 is 18.6 Å². The van der Waals surface area contributed by atoms with Gasteiger partial charge in [-0.2, -0.15) is 0 Å². The fraction of sp³-hybridized carbons (Fsp3) is 0.250. The van der Waals surface area contributed by atoms with E-state index in [1.54, 1.807) is 12.1 Å². The van der Waals surface area contributed by atoms with Gasteiger partial charge in [0.15, 0.2) is 4.98 Å². The van der Waals surface area contributed by atoms with Crippen LogP contribution in [-0.4, -0.2) is 7.25 Å². The summed E-state index contributed by atoms with van der Waals surface area (Å²) < 4.78 is 39.0. The Kier molecular flexibility index (Phi) is 5.29. The van der Waals surface area contributed by atoms with Gasteiger partial charge in [0, 0.05) is 11.3 Å². The van der Waals surface area contributed by atoms with Crippen LogP contribution in [0.4, 0.5) is 28.6 Å². The molecular formula is C8H10BF4N3. The third kappa shape index (κ3) is 6.65. The number of nitrogens with zero attached hydrogens (tertiary/aromatic N) is 2. The van der Waals surface area contributed by atoms with Crippen LogP contribution < -0.4 is 5.73 Å². The SMILES string of the molecule is CCc1ccc(N)cc1[N+]#N.F[B-](F)(F)F. The highest BCUT2D eigenvalue weighted by Gasteiger charge is 2.20. The monoisotopic (exact) mass is 235 g/mol. The van der Waals surface area contributed by atoms with Gasteiger partial charge in [-0.25, -0.2) is 0 Å². The van der Waals surface area contributed by atoms with Crippen molar-refractivity contribution in [1.82, 2.24) is 0 Å². The number of hydrogen-bond acceptors (Lipinski definition) is 2. The van der Waals surface area contributed by atoms with E-state index in [0.29, 0.717) is 11.4 Å². The number of diazo groups is 1. The normalized spacial score (nSPS) is 10.0. The summed E-state index contributed by atoms with van der Waals surface area (Å²) in [6, 6.07) is 5.32. The fourth-order valence-corrected chi connectivity index (χ4v) is 0.973. The van der Waals surface area contributed by atoms with Gasteiger partial charge >= 0.3 is 12.9 Å². The van der Waals surface area contributed by atoms with E-state index in [-0.39, 0.29) is 0 Å². The molecule has 1 rings (SSSR count). The second-order valence-corrected chi connectivity index (χ2v) is 2.84. The molecule has 0 amide bonds. The number of nitrogens with two attached hydrogens (primary N) is 1. The molecule has 0 saturated carbocycles. The molecule has 0 unspecified atom stereocenters. The van der Waals surface area contributed by atoms with Gasteiger partial charge in [0.25, 0.3) is 0 Å². The van der Waals surface area contributed by atoms with E-state index in [1.807, 2.05) is 13.0 Å². The second-order valence-electron chi connectivity index (χ2n) is 2.84. The van der Waals surface area contributed by atoms with Gasteiger partial charge < -0.3 is 23.0 Å². The third-order valence-electron chi connectivity index (χ3n) is 1.60. The average molecular weight is 235 g/mol. The summed E-state index contributed by atoms with van der Waals surface area (Å²) in [6.07, 6.45) is 0.847. The molecule has 0 aliphatic heterocycles. The van der Waals surface area contributed by atoms with Crippen molar-refractivity contribution in [1.29, 1.82) is 5.39 Å². The number of hydrogen-bond donors (Lipinski definition) is 1. The van der Waals surface area contributed by atoms with Crippen LogP contribution in [0.1, 0.15) is 12.5 Å². The Morgan fingerprint density at radius 3 is 2.19 bits per heavy atom. The molecule has 0 atom stereocenters. The first kappa shape index (κ1) is 14.2. The molecule has 0 aliphatic rings. The lowest BCUT2D eigenvalue weighted by molar-refractivity contribution is 0.368. The van der Waals surface area contributed by atoms with Crippen LogP contribution in [0.2, 0.25) is 0 Å². The van der Waals surface area contributed by atoms with E-state index < -0.39 is 7.25 Å². The van der Waals surface area contributed by atoms with Crippen molar-refractivity contribution in [2.45, 2.75) is 13.3 Å². The Hall–Kier alpha value is -1.78. The minimum absolute atomic E-state index is 0.563. The minimum atomic E-state index is -6.00. The van der Waals surface area contributed by atoms with E-state index in [0.717, 1.165) is 12.0 Å². The highest BCUT2D eigenvalue weighted by atomic mass is 19.5. The summed E-state index contributed by atoms with van der Waals surface area (Å²) in [5, 5.41) is 8.54. The molecule has 1 aromatic carbocycles. The van der Waals surface area contributed by atoms with Crippen LogP contribution in [0, 0.1) is 5.39 Å². The zero-order valence-corrected chi connectivity index (χ0v) is 8.50. The van der Waals surface area contributed by atoms with Crippen molar-refractivity contribution in [2.24, 2.45) is 0 Å². The van der Waals surface area contributed by atoms with Crippen molar-refractivity contribution < 1.29 is 17.3 Å². The summed E-state index contributed by atoms with van der Waals surface area (Å²) in [5.74, 6) is 0. The molecule has 88 valence electrons. The zero-order chi connectivity index (χ0) is 12.8. The molecule has 0 fully saturated rings. The van der Waals surface area contributed by atoms with Gasteiger partial charge in [0.2, 0.25) is 5.39 Å². The number of benzene rings is 1. The molecule has 1 aromatic rings. The number of anilines is 1. The summed E-state index contributed by atoms with van der Waals surface area (Å²) in [4.78, 5) is 3.12. The molecule has 2 N–H and O–H groups in total. The molecule has 0 aromatic heterocycles. The molecule has 0 spiro atoms. The van der Waals surface area contributed by atoms with E-state index in [9.17, 15) is 17.3 Å². The van der Waals surface area contributed by atoms with Crippen LogP contribution in [-0.2, 0) is 6.42 Å². The predicted molar refractivity (Wildman–Crippen MR) is 55.2 cm³/mol. The molecule has 8 heteroatoms. The number of rotatable bonds is 1. The summed E-state index contributed by atoms with van der Waals surface area (Å²) >= 11 is 0. The van der Waals surface area contributed by atoms with Crippen molar-refractivity contribution in [3.63, 3.8) is 0 Å². The summed E-state index contributed by atoms with van der Waals surface area (Å²) in [5.41, 5.74) is 7.67. The van der Waals surface area contributed by atoms with Gasteiger partial charge in [-0.15, -0.1) is 0 Å².